The Hall–Kier alpha value is -3.76. The molecule has 0 radical (unpaired) electrons. The Morgan fingerprint density at radius 1 is 1.05 bits per heavy atom. The summed E-state index contributed by atoms with van der Waals surface area (Å²) in [6.45, 7) is 2.99. The fourth-order valence-electron chi connectivity index (χ4n) is 4.47. The van der Waals surface area contributed by atoms with Crippen LogP contribution in [0.1, 0.15) is 53.0 Å². The van der Waals surface area contributed by atoms with Crippen LogP contribution < -0.4 is 4.72 Å². The van der Waals surface area contributed by atoms with E-state index >= 15 is 0 Å². The molecule has 0 bridgehead atoms. The van der Waals surface area contributed by atoms with Gasteiger partial charge in [-0.15, -0.1) is 0 Å². The number of hydrogen-bond acceptors (Lipinski definition) is 6. The van der Waals surface area contributed by atoms with Gasteiger partial charge in [0.15, 0.2) is 0 Å². The maximum Gasteiger partial charge on any atom is 0.335 e. The first-order chi connectivity index (χ1) is 17.5. The van der Waals surface area contributed by atoms with Gasteiger partial charge >= 0.3 is 5.97 Å². The molecule has 0 spiro atoms. The third-order valence-corrected chi connectivity index (χ3v) is 8.07. The van der Waals surface area contributed by atoms with Gasteiger partial charge in [-0.05, 0) is 55.2 Å². The number of sulfonamides is 1. The molecule has 2 atom stereocenters. The Balaban J connectivity index is 1.61. The Labute approximate surface area is 214 Å². The van der Waals surface area contributed by atoms with Crippen molar-refractivity contribution in [2.45, 2.75) is 37.2 Å². The molecule has 1 unspecified atom stereocenters. The molecule has 3 aromatic carbocycles. The van der Waals surface area contributed by atoms with Gasteiger partial charge in [0, 0.05) is 12.2 Å². The molecule has 3 N–H and O–H groups in total. The molecule has 0 aliphatic carbocycles. The summed E-state index contributed by atoms with van der Waals surface area (Å²) < 4.78 is 49.4. The Bertz CT molecular complexity index is 1420. The quantitative estimate of drug-likeness (QED) is 0.418. The summed E-state index contributed by atoms with van der Waals surface area (Å²) >= 11 is 0. The number of hydrogen-bond donors (Lipinski definition) is 3. The number of amidine groups is 1. The molecule has 4 rings (SSSR count). The standard InChI is InChI=1S/C27H27FN2O6S/c1-27(2)24(19-11-7-17(8-12-19)18-9-13-20(14-10-18)25(32)33)37(34,35)30-26(36-27)29-23(15-16-31)21-5-3-4-6-22(21)28/h3-14,23-24,31H,15-16H2,1-2H3,(H,29,30)(H,32,33)/t23-,24?/m0/s1. The molecule has 3 aromatic rings. The fraction of sp³-hybridized carbons (Fsp3) is 0.259. The first kappa shape index (κ1) is 26.3. The van der Waals surface area contributed by atoms with E-state index in [1.54, 1.807) is 56.3 Å². The topological polar surface area (TPSA) is 125 Å². The predicted octanol–water partition coefficient (Wildman–Crippen LogP) is 4.44. The Morgan fingerprint density at radius 2 is 1.65 bits per heavy atom. The number of carbonyl (C=O) groups is 1. The predicted molar refractivity (Wildman–Crippen MR) is 137 cm³/mol. The fourth-order valence-corrected chi connectivity index (χ4v) is 6.23. The van der Waals surface area contributed by atoms with E-state index < -0.39 is 38.7 Å². The van der Waals surface area contributed by atoms with Crippen LogP contribution in [-0.2, 0) is 14.8 Å². The number of nitrogens with one attached hydrogen (secondary N) is 1. The van der Waals surface area contributed by atoms with Crippen molar-refractivity contribution in [2.75, 3.05) is 6.61 Å². The average Bonchev–Trinajstić information content (AvgIpc) is 2.83. The molecular formula is C27H27FN2O6S. The highest BCUT2D eigenvalue weighted by atomic mass is 32.2. The average molecular weight is 527 g/mol. The second kappa shape index (κ2) is 10.3. The van der Waals surface area contributed by atoms with Crippen LogP contribution in [0.5, 0.6) is 0 Å². The zero-order chi connectivity index (χ0) is 26.8. The van der Waals surface area contributed by atoms with Gasteiger partial charge in [-0.2, -0.15) is 0 Å². The van der Waals surface area contributed by atoms with Crippen molar-refractivity contribution in [2.24, 2.45) is 4.99 Å². The van der Waals surface area contributed by atoms with Gasteiger partial charge in [0.1, 0.15) is 16.7 Å². The number of aliphatic hydroxyl groups excluding tert-OH is 1. The van der Waals surface area contributed by atoms with Crippen LogP contribution >= 0.6 is 0 Å². The molecule has 0 amide bonds. The minimum Gasteiger partial charge on any atom is -0.478 e. The van der Waals surface area contributed by atoms with Gasteiger partial charge in [-0.1, -0.05) is 54.6 Å². The molecular weight excluding hydrogens is 499 g/mol. The lowest BCUT2D eigenvalue weighted by Crippen LogP contribution is -2.53. The van der Waals surface area contributed by atoms with E-state index in [-0.39, 0.29) is 30.2 Å². The number of aliphatic imine (C=N–C) groups is 1. The highest BCUT2D eigenvalue weighted by Crippen LogP contribution is 2.39. The normalized spacial score (nSPS) is 20.0. The smallest absolute Gasteiger partial charge is 0.335 e. The summed E-state index contributed by atoms with van der Waals surface area (Å²) in [5.41, 5.74) is 1.23. The Morgan fingerprint density at radius 3 is 2.19 bits per heavy atom. The number of rotatable bonds is 7. The van der Waals surface area contributed by atoms with Crippen molar-refractivity contribution < 1.29 is 32.6 Å². The van der Waals surface area contributed by atoms with Crippen LogP contribution in [0.4, 0.5) is 4.39 Å². The summed E-state index contributed by atoms with van der Waals surface area (Å²) in [5.74, 6) is -1.53. The van der Waals surface area contributed by atoms with Crippen LogP contribution in [0.25, 0.3) is 11.1 Å². The van der Waals surface area contributed by atoms with E-state index in [4.69, 9.17) is 9.84 Å². The first-order valence-corrected chi connectivity index (χ1v) is 13.1. The van der Waals surface area contributed by atoms with Gasteiger partial charge in [0.05, 0.1) is 11.6 Å². The highest BCUT2D eigenvalue weighted by Gasteiger charge is 2.48. The molecule has 0 aromatic heterocycles. The monoisotopic (exact) mass is 526 g/mol. The number of benzene rings is 3. The highest BCUT2D eigenvalue weighted by molar-refractivity contribution is 7.90. The van der Waals surface area contributed by atoms with Gasteiger partial charge in [0.25, 0.3) is 6.02 Å². The van der Waals surface area contributed by atoms with Crippen LogP contribution in [-0.4, -0.2) is 42.8 Å². The second-order valence-corrected chi connectivity index (χ2v) is 11.0. The summed E-state index contributed by atoms with van der Waals surface area (Å²) in [7, 11) is -4.01. The summed E-state index contributed by atoms with van der Waals surface area (Å²) in [6.07, 6.45) is 0.0777. The first-order valence-electron chi connectivity index (χ1n) is 11.6. The largest absolute Gasteiger partial charge is 0.478 e. The number of ether oxygens (including phenoxy) is 1. The molecule has 1 aliphatic rings. The van der Waals surface area contributed by atoms with Crippen molar-refractivity contribution in [3.05, 3.63) is 95.3 Å². The van der Waals surface area contributed by atoms with Crippen molar-refractivity contribution in [3.8, 4) is 11.1 Å². The van der Waals surface area contributed by atoms with E-state index in [0.717, 1.165) is 11.1 Å². The molecule has 194 valence electrons. The minimum absolute atomic E-state index is 0.0777. The zero-order valence-corrected chi connectivity index (χ0v) is 21.1. The lowest BCUT2D eigenvalue weighted by molar-refractivity contribution is 0.0695. The van der Waals surface area contributed by atoms with Crippen LogP contribution in [0.15, 0.2) is 77.8 Å². The number of carboxylic acids is 1. The van der Waals surface area contributed by atoms with Gasteiger partial charge in [-0.3, -0.25) is 0 Å². The number of aliphatic hydroxyl groups is 1. The van der Waals surface area contributed by atoms with Crippen LogP contribution in [0.3, 0.4) is 0 Å². The molecule has 0 saturated carbocycles. The van der Waals surface area contributed by atoms with Crippen molar-refractivity contribution in [1.82, 2.24) is 4.72 Å². The van der Waals surface area contributed by atoms with E-state index in [1.807, 2.05) is 0 Å². The summed E-state index contributed by atoms with van der Waals surface area (Å²) in [4.78, 5) is 15.4. The summed E-state index contributed by atoms with van der Waals surface area (Å²) in [5, 5.41) is 17.5. The molecule has 10 heteroatoms. The van der Waals surface area contributed by atoms with Crippen molar-refractivity contribution in [1.29, 1.82) is 0 Å². The van der Waals surface area contributed by atoms with E-state index in [1.165, 1.54) is 30.3 Å². The van der Waals surface area contributed by atoms with Gasteiger partial charge in [0.2, 0.25) is 10.0 Å². The minimum atomic E-state index is -4.01. The van der Waals surface area contributed by atoms with Gasteiger partial charge < -0.3 is 14.9 Å². The SMILES string of the molecule is CC1(C)OC(=N[C@@H](CCO)c2ccccc2F)NS(=O)(=O)C1c1ccc(-c2ccc(C(=O)O)cc2)cc1. The molecule has 1 heterocycles. The van der Waals surface area contributed by atoms with Crippen LogP contribution in [0, 0.1) is 5.82 Å². The maximum atomic E-state index is 14.4. The third-order valence-electron chi connectivity index (χ3n) is 6.15. The van der Waals surface area contributed by atoms with Crippen LogP contribution in [0.2, 0.25) is 0 Å². The number of carboxylic acid groups (broad SMARTS) is 1. The summed E-state index contributed by atoms with van der Waals surface area (Å²) in [6, 6.07) is 18.1. The zero-order valence-electron chi connectivity index (χ0n) is 20.3. The lowest BCUT2D eigenvalue weighted by atomic mass is 9.95. The molecule has 1 fully saturated rings. The van der Waals surface area contributed by atoms with Gasteiger partial charge in [-0.25, -0.2) is 27.3 Å². The van der Waals surface area contributed by atoms with E-state index in [9.17, 15) is 22.7 Å². The number of nitrogens with zero attached hydrogens (tertiary/aromatic N) is 1. The maximum absolute atomic E-state index is 14.4. The number of aromatic carboxylic acids is 1. The molecule has 1 saturated heterocycles. The van der Waals surface area contributed by atoms with Crippen molar-refractivity contribution >= 4 is 22.0 Å². The second-order valence-electron chi connectivity index (χ2n) is 9.22. The van der Waals surface area contributed by atoms with Crippen molar-refractivity contribution in [3.63, 3.8) is 0 Å². The number of halogens is 1. The molecule has 8 nitrogen and oxygen atoms in total. The molecule has 1 aliphatic heterocycles. The lowest BCUT2D eigenvalue weighted by Gasteiger charge is -2.39. The third kappa shape index (κ3) is 5.65. The van der Waals surface area contributed by atoms with E-state index in [2.05, 4.69) is 9.71 Å². The Kier molecular flexibility index (Phi) is 7.33. The van der Waals surface area contributed by atoms with E-state index in [0.29, 0.717) is 5.56 Å². The molecule has 37 heavy (non-hydrogen) atoms.